The van der Waals surface area contributed by atoms with Gasteiger partial charge >= 0.3 is 0 Å². The van der Waals surface area contributed by atoms with E-state index in [2.05, 4.69) is 31.1 Å². The Morgan fingerprint density at radius 3 is 2.36 bits per heavy atom. The van der Waals surface area contributed by atoms with Crippen molar-refractivity contribution < 1.29 is 4.39 Å². The molecule has 1 heterocycles. The predicted octanol–water partition coefficient (Wildman–Crippen LogP) is 2.53. The van der Waals surface area contributed by atoms with Crippen LogP contribution in [0.1, 0.15) is 32.5 Å². The molecule has 78 valence electrons. The highest BCUT2D eigenvalue weighted by atomic mass is 19.1. The van der Waals surface area contributed by atoms with Crippen LogP contribution in [0.3, 0.4) is 0 Å². The average molecular weight is 196 g/mol. The maximum absolute atomic E-state index is 12.7. The molecule has 1 aromatic heterocycles. The highest BCUT2D eigenvalue weighted by molar-refractivity contribution is 5.12. The molecular formula is C11H17FN2. The number of pyridine rings is 1. The Morgan fingerprint density at radius 1 is 1.36 bits per heavy atom. The van der Waals surface area contributed by atoms with Gasteiger partial charge in [0.15, 0.2) is 0 Å². The molecule has 1 unspecified atom stereocenters. The van der Waals surface area contributed by atoms with Gasteiger partial charge in [0.25, 0.3) is 0 Å². The molecule has 2 nitrogen and oxygen atoms in total. The number of hydrogen-bond donors (Lipinski definition) is 1. The Balaban J connectivity index is 2.96. The van der Waals surface area contributed by atoms with Gasteiger partial charge in [-0.3, -0.25) is 4.98 Å². The van der Waals surface area contributed by atoms with E-state index in [9.17, 15) is 4.39 Å². The second-order valence-electron chi connectivity index (χ2n) is 4.49. The zero-order chi connectivity index (χ0) is 10.8. The molecule has 0 aliphatic rings. The number of rotatable bonds is 2. The minimum atomic E-state index is -0.294. The van der Waals surface area contributed by atoms with E-state index < -0.39 is 0 Å². The SMILES string of the molecule is CNC(c1ccc(F)cn1)C(C)(C)C. The van der Waals surface area contributed by atoms with Crippen LogP contribution in [0.4, 0.5) is 4.39 Å². The molecule has 0 saturated heterocycles. The molecule has 1 atom stereocenters. The van der Waals surface area contributed by atoms with Crippen molar-refractivity contribution in [2.24, 2.45) is 5.41 Å². The van der Waals surface area contributed by atoms with Crippen LogP contribution >= 0.6 is 0 Å². The van der Waals surface area contributed by atoms with Gasteiger partial charge in [0.05, 0.1) is 17.9 Å². The van der Waals surface area contributed by atoms with E-state index in [0.29, 0.717) is 0 Å². The van der Waals surface area contributed by atoms with Crippen LogP contribution in [0.2, 0.25) is 0 Å². The normalized spacial score (nSPS) is 14.1. The Kier molecular flexibility index (Phi) is 3.21. The molecule has 0 spiro atoms. The standard InChI is InChI=1S/C11H17FN2/c1-11(2,3)10(13-4)9-6-5-8(12)7-14-9/h5-7,10,13H,1-4H3. The van der Waals surface area contributed by atoms with Crippen molar-refractivity contribution in [1.29, 1.82) is 0 Å². The number of halogens is 1. The molecule has 1 N–H and O–H groups in total. The Hall–Kier alpha value is -0.960. The number of nitrogens with one attached hydrogen (secondary N) is 1. The lowest BCUT2D eigenvalue weighted by Gasteiger charge is -2.29. The first-order valence-corrected chi connectivity index (χ1v) is 4.74. The zero-order valence-electron chi connectivity index (χ0n) is 9.13. The molecule has 0 radical (unpaired) electrons. The zero-order valence-corrected chi connectivity index (χ0v) is 9.13. The van der Waals surface area contributed by atoms with Crippen molar-refractivity contribution in [3.63, 3.8) is 0 Å². The van der Waals surface area contributed by atoms with Crippen LogP contribution in [0.5, 0.6) is 0 Å². The summed E-state index contributed by atoms with van der Waals surface area (Å²) in [6.45, 7) is 6.37. The first-order chi connectivity index (χ1) is 6.45. The fourth-order valence-electron chi connectivity index (χ4n) is 1.58. The van der Waals surface area contributed by atoms with Crippen molar-refractivity contribution >= 4 is 0 Å². The third-order valence-electron chi connectivity index (χ3n) is 2.20. The molecule has 0 fully saturated rings. The van der Waals surface area contributed by atoms with E-state index in [0.717, 1.165) is 5.69 Å². The van der Waals surface area contributed by atoms with E-state index in [-0.39, 0.29) is 17.3 Å². The minimum absolute atomic E-state index is 0.0690. The Labute approximate surface area is 84.6 Å². The van der Waals surface area contributed by atoms with Crippen molar-refractivity contribution in [1.82, 2.24) is 10.3 Å². The van der Waals surface area contributed by atoms with E-state index in [4.69, 9.17) is 0 Å². The largest absolute Gasteiger partial charge is 0.311 e. The number of hydrogen-bond acceptors (Lipinski definition) is 2. The maximum atomic E-state index is 12.7. The number of nitrogens with zero attached hydrogens (tertiary/aromatic N) is 1. The van der Waals surface area contributed by atoms with Gasteiger partial charge in [0, 0.05) is 0 Å². The van der Waals surface area contributed by atoms with Gasteiger partial charge in [-0.05, 0) is 24.6 Å². The van der Waals surface area contributed by atoms with Crippen molar-refractivity contribution in [3.05, 3.63) is 29.8 Å². The lowest BCUT2D eigenvalue weighted by atomic mass is 9.84. The molecular weight excluding hydrogens is 179 g/mol. The lowest BCUT2D eigenvalue weighted by Crippen LogP contribution is -2.30. The van der Waals surface area contributed by atoms with Gasteiger partial charge < -0.3 is 5.32 Å². The van der Waals surface area contributed by atoms with Gasteiger partial charge in [-0.2, -0.15) is 0 Å². The lowest BCUT2D eigenvalue weighted by molar-refractivity contribution is 0.281. The molecule has 0 aliphatic carbocycles. The summed E-state index contributed by atoms with van der Waals surface area (Å²) in [7, 11) is 1.89. The molecule has 0 aromatic carbocycles. The van der Waals surface area contributed by atoms with Crippen LogP contribution in [0.25, 0.3) is 0 Å². The highest BCUT2D eigenvalue weighted by Crippen LogP contribution is 2.30. The van der Waals surface area contributed by atoms with E-state index in [1.54, 1.807) is 6.07 Å². The van der Waals surface area contributed by atoms with Crippen LogP contribution in [-0.4, -0.2) is 12.0 Å². The molecule has 0 bridgehead atoms. The van der Waals surface area contributed by atoms with E-state index in [1.165, 1.54) is 12.3 Å². The third-order valence-corrected chi connectivity index (χ3v) is 2.20. The van der Waals surface area contributed by atoms with Gasteiger partial charge in [-0.25, -0.2) is 4.39 Å². The quantitative estimate of drug-likeness (QED) is 0.786. The topological polar surface area (TPSA) is 24.9 Å². The fraction of sp³-hybridized carbons (Fsp3) is 0.545. The fourth-order valence-corrected chi connectivity index (χ4v) is 1.58. The average Bonchev–Trinajstić information content (AvgIpc) is 2.07. The summed E-state index contributed by atoms with van der Waals surface area (Å²) < 4.78 is 12.7. The molecule has 0 aliphatic heterocycles. The Morgan fingerprint density at radius 2 is 2.00 bits per heavy atom. The molecule has 3 heteroatoms. The summed E-state index contributed by atoms with van der Waals surface area (Å²) >= 11 is 0. The summed E-state index contributed by atoms with van der Waals surface area (Å²) in [4.78, 5) is 4.08. The van der Waals surface area contributed by atoms with Crippen molar-refractivity contribution in [3.8, 4) is 0 Å². The monoisotopic (exact) mass is 196 g/mol. The van der Waals surface area contributed by atoms with Gasteiger partial charge in [-0.15, -0.1) is 0 Å². The third kappa shape index (κ3) is 2.51. The van der Waals surface area contributed by atoms with Gasteiger partial charge in [-0.1, -0.05) is 20.8 Å². The summed E-state index contributed by atoms with van der Waals surface area (Å²) in [6, 6.07) is 3.31. The van der Waals surface area contributed by atoms with E-state index in [1.807, 2.05) is 7.05 Å². The molecule has 0 saturated carbocycles. The summed E-state index contributed by atoms with van der Waals surface area (Å²) in [5.74, 6) is -0.294. The van der Waals surface area contributed by atoms with Crippen LogP contribution in [0, 0.1) is 11.2 Å². The molecule has 1 aromatic rings. The summed E-state index contributed by atoms with van der Waals surface area (Å²) in [5.41, 5.74) is 0.945. The second-order valence-corrected chi connectivity index (χ2v) is 4.49. The Bertz CT molecular complexity index is 287. The van der Waals surface area contributed by atoms with Crippen LogP contribution < -0.4 is 5.32 Å². The molecule has 14 heavy (non-hydrogen) atoms. The van der Waals surface area contributed by atoms with Gasteiger partial charge in [0.2, 0.25) is 0 Å². The van der Waals surface area contributed by atoms with Crippen LogP contribution in [0.15, 0.2) is 18.3 Å². The van der Waals surface area contributed by atoms with Gasteiger partial charge in [0.1, 0.15) is 5.82 Å². The second kappa shape index (κ2) is 4.05. The smallest absolute Gasteiger partial charge is 0.141 e. The summed E-state index contributed by atoms with van der Waals surface area (Å²) in [6.07, 6.45) is 1.26. The highest BCUT2D eigenvalue weighted by Gasteiger charge is 2.25. The molecule has 0 amide bonds. The van der Waals surface area contributed by atoms with Crippen LogP contribution in [-0.2, 0) is 0 Å². The predicted molar refractivity (Wildman–Crippen MR) is 55.5 cm³/mol. The first kappa shape index (κ1) is 11.1. The summed E-state index contributed by atoms with van der Waals surface area (Å²) in [5, 5.41) is 3.19. The first-order valence-electron chi connectivity index (χ1n) is 4.74. The van der Waals surface area contributed by atoms with Crippen molar-refractivity contribution in [2.45, 2.75) is 26.8 Å². The molecule has 1 rings (SSSR count). The number of aromatic nitrogens is 1. The minimum Gasteiger partial charge on any atom is -0.311 e. The van der Waals surface area contributed by atoms with E-state index >= 15 is 0 Å². The maximum Gasteiger partial charge on any atom is 0.141 e. The van der Waals surface area contributed by atoms with Crippen molar-refractivity contribution in [2.75, 3.05) is 7.05 Å².